The maximum absolute atomic E-state index is 11.0. The van der Waals surface area contributed by atoms with Crippen LogP contribution in [-0.4, -0.2) is 30.8 Å². The maximum atomic E-state index is 11.0. The van der Waals surface area contributed by atoms with E-state index < -0.39 is 0 Å². The van der Waals surface area contributed by atoms with Gasteiger partial charge in [0.2, 0.25) is 0 Å². The summed E-state index contributed by atoms with van der Waals surface area (Å²) in [6.07, 6.45) is 1.54. The van der Waals surface area contributed by atoms with E-state index in [1.54, 1.807) is 6.92 Å². The van der Waals surface area contributed by atoms with Crippen molar-refractivity contribution in [3.05, 3.63) is 12.3 Å². The number of allylic oxidation sites excluding steroid dienone is 1. The minimum absolute atomic E-state index is 0.221. The van der Waals surface area contributed by atoms with Crippen LogP contribution in [0, 0.1) is 5.92 Å². The molecule has 0 heterocycles. The Morgan fingerprint density at radius 3 is 2.50 bits per heavy atom. The zero-order valence-electron chi connectivity index (χ0n) is 9.55. The highest BCUT2D eigenvalue weighted by Crippen LogP contribution is 2.20. The first kappa shape index (κ1) is 13.2. The van der Waals surface area contributed by atoms with Gasteiger partial charge < -0.3 is 15.4 Å². The second kappa shape index (κ2) is 6.60. The molecule has 0 fully saturated rings. The van der Waals surface area contributed by atoms with Gasteiger partial charge in [0.1, 0.15) is 5.78 Å². The molecule has 0 aromatic heterocycles. The number of likely N-dealkylation sites (N-methyl/N-ethyl adjacent to an activating group) is 1. The van der Waals surface area contributed by atoms with E-state index in [2.05, 4.69) is 13.5 Å². The lowest BCUT2D eigenvalue weighted by atomic mass is 9.96. The van der Waals surface area contributed by atoms with Crippen molar-refractivity contribution in [3.63, 3.8) is 0 Å². The summed E-state index contributed by atoms with van der Waals surface area (Å²) in [4.78, 5) is 13.1. The Morgan fingerprint density at radius 2 is 2.14 bits per heavy atom. The van der Waals surface area contributed by atoms with Crippen molar-refractivity contribution >= 4 is 5.78 Å². The summed E-state index contributed by atoms with van der Waals surface area (Å²) in [6, 6.07) is 0. The summed E-state index contributed by atoms with van der Waals surface area (Å²) in [5, 5.41) is 0. The highest BCUT2D eigenvalue weighted by Gasteiger charge is 2.15. The highest BCUT2D eigenvalue weighted by molar-refractivity contribution is 5.76. The van der Waals surface area contributed by atoms with E-state index in [-0.39, 0.29) is 11.7 Å². The van der Waals surface area contributed by atoms with Crippen molar-refractivity contribution < 1.29 is 4.79 Å². The fourth-order valence-corrected chi connectivity index (χ4v) is 1.49. The molecular formula is C11H22N2O. The average Bonchev–Trinajstić information content (AvgIpc) is 2.13. The van der Waals surface area contributed by atoms with E-state index in [9.17, 15) is 4.79 Å². The van der Waals surface area contributed by atoms with Crippen molar-refractivity contribution in [2.24, 2.45) is 11.7 Å². The normalized spacial score (nSPS) is 12.3. The number of ketones is 1. The molecule has 0 aliphatic rings. The van der Waals surface area contributed by atoms with Gasteiger partial charge in [0.25, 0.3) is 0 Å². The molecule has 3 heteroatoms. The molecule has 0 saturated carbocycles. The molecule has 3 nitrogen and oxygen atoms in total. The molecule has 0 radical (unpaired) electrons. The lowest BCUT2D eigenvalue weighted by Gasteiger charge is -2.27. The van der Waals surface area contributed by atoms with Crippen LogP contribution in [0.4, 0.5) is 0 Å². The van der Waals surface area contributed by atoms with Gasteiger partial charge in [-0.25, -0.2) is 0 Å². The fourth-order valence-electron chi connectivity index (χ4n) is 1.49. The number of rotatable bonds is 7. The Bertz CT molecular complexity index is 201. The molecule has 0 amide bonds. The molecule has 0 saturated heterocycles. The number of hydrogen-bond donors (Lipinski definition) is 1. The molecule has 0 aliphatic carbocycles. The summed E-state index contributed by atoms with van der Waals surface area (Å²) >= 11 is 0. The Labute approximate surface area is 87.0 Å². The van der Waals surface area contributed by atoms with E-state index in [1.807, 2.05) is 11.9 Å². The van der Waals surface area contributed by atoms with Crippen molar-refractivity contribution in [2.75, 3.05) is 20.1 Å². The Balaban J connectivity index is 4.22. The smallest absolute Gasteiger partial charge is 0.130 e. The molecular weight excluding hydrogens is 176 g/mol. The van der Waals surface area contributed by atoms with Crippen LogP contribution in [-0.2, 0) is 4.79 Å². The number of carbonyl (C=O) groups is 1. The summed E-state index contributed by atoms with van der Waals surface area (Å²) in [7, 11) is 1.97. The topological polar surface area (TPSA) is 46.3 Å². The molecule has 1 unspecified atom stereocenters. The Hall–Kier alpha value is -0.830. The summed E-state index contributed by atoms with van der Waals surface area (Å²) < 4.78 is 0. The molecule has 0 rings (SSSR count). The zero-order valence-corrected chi connectivity index (χ0v) is 9.55. The Morgan fingerprint density at radius 1 is 1.57 bits per heavy atom. The van der Waals surface area contributed by atoms with Crippen molar-refractivity contribution in [3.8, 4) is 0 Å². The van der Waals surface area contributed by atoms with E-state index in [1.165, 1.54) is 0 Å². The number of nitrogens with two attached hydrogens (primary N) is 1. The zero-order chi connectivity index (χ0) is 11.1. The molecule has 14 heavy (non-hydrogen) atoms. The minimum Gasteiger partial charge on any atom is -0.377 e. The van der Waals surface area contributed by atoms with Gasteiger partial charge in [-0.05, 0) is 13.3 Å². The van der Waals surface area contributed by atoms with E-state index >= 15 is 0 Å². The summed E-state index contributed by atoms with van der Waals surface area (Å²) in [5.74, 6) is 0.489. The largest absolute Gasteiger partial charge is 0.377 e. The quantitative estimate of drug-likeness (QED) is 0.672. The lowest BCUT2D eigenvalue weighted by molar-refractivity contribution is -0.117. The van der Waals surface area contributed by atoms with Gasteiger partial charge in [-0.2, -0.15) is 0 Å². The number of hydrogen-bond acceptors (Lipinski definition) is 3. The molecule has 82 valence electrons. The van der Waals surface area contributed by atoms with Gasteiger partial charge in [0.15, 0.2) is 0 Å². The van der Waals surface area contributed by atoms with E-state index in [0.29, 0.717) is 13.0 Å². The van der Waals surface area contributed by atoms with Gasteiger partial charge in [-0.15, -0.1) is 0 Å². The first-order chi connectivity index (χ1) is 6.52. The molecule has 0 aliphatic heterocycles. The van der Waals surface area contributed by atoms with Crippen molar-refractivity contribution in [1.29, 1.82) is 0 Å². The number of carbonyl (C=O) groups excluding carboxylic acids is 1. The van der Waals surface area contributed by atoms with Crippen LogP contribution >= 0.6 is 0 Å². The number of nitrogens with zero attached hydrogens (tertiary/aromatic N) is 1. The summed E-state index contributed by atoms with van der Waals surface area (Å²) in [5.41, 5.74) is 6.48. The molecule has 0 spiro atoms. The van der Waals surface area contributed by atoms with Crippen LogP contribution in [0.1, 0.15) is 26.7 Å². The second-order valence-corrected chi connectivity index (χ2v) is 3.71. The number of Topliss-reactive ketones (excluding diaryl/α,β-unsaturated/α-hetero) is 1. The monoisotopic (exact) mass is 198 g/mol. The first-order valence-electron chi connectivity index (χ1n) is 5.12. The van der Waals surface area contributed by atoms with Gasteiger partial charge >= 0.3 is 0 Å². The van der Waals surface area contributed by atoms with E-state index in [0.717, 1.165) is 18.7 Å². The summed E-state index contributed by atoms with van der Waals surface area (Å²) in [6.45, 7) is 9.13. The SMILES string of the molecule is C=C(C(CC)CC(C)=O)N(C)CCN. The average molecular weight is 198 g/mol. The first-order valence-corrected chi connectivity index (χ1v) is 5.12. The predicted molar refractivity (Wildman–Crippen MR) is 59.9 cm³/mol. The van der Waals surface area contributed by atoms with Crippen LogP contribution in [0.15, 0.2) is 12.3 Å². The molecule has 0 bridgehead atoms. The van der Waals surface area contributed by atoms with Crippen LogP contribution in [0.3, 0.4) is 0 Å². The van der Waals surface area contributed by atoms with Crippen molar-refractivity contribution in [2.45, 2.75) is 26.7 Å². The lowest BCUT2D eigenvalue weighted by Crippen LogP contribution is -2.28. The van der Waals surface area contributed by atoms with Gasteiger partial charge in [0, 0.05) is 38.2 Å². The van der Waals surface area contributed by atoms with Crippen molar-refractivity contribution in [1.82, 2.24) is 4.90 Å². The standard InChI is InChI=1S/C11H22N2O/c1-5-11(8-9(2)14)10(3)13(4)7-6-12/h11H,3,5-8,12H2,1-2,4H3. The van der Waals surface area contributed by atoms with Gasteiger partial charge in [0.05, 0.1) is 0 Å². The molecule has 1 atom stereocenters. The van der Waals surface area contributed by atoms with Crippen LogP contribution < -0.4 is 5.73 Å². The van der Waals surface area contributed by atoms with Gasteiger partial charge in [-0.3, -0.25) is 0 Å². The minimum atomic E-state index is 0.221. The molecule has 0 aromatic carbocycles. The molecule has 0 aromatic rings. The molecule has 2 N–H and O–H groups in total. The van der Waals surface area contributed by atoms with Gasteiger partial charge in [-0.1, -0.05) is 13.5 Å². The third-order valence-corrected chi connectivity index (χ3v) is 2.45. The second-order valence-electron chi connectivity index (χ2n) is 3.71. The van der Waals surface area contributed by atoms with Crippen LogP contribution in [0.5, 0.6) is 0 Å². The highest BCUT2D eigenvalue weighted by atomic mass is 16.1. The fraction of sp³-hybridized carbons (Fsp3) is 0.727. The third-order valence-electron chi connectivity index (χ3n) is 2.45. The van der Waals surface area contributed by atoms with Crippen LogP contribution in [0.2, 0.25) is 0 Å². The predicted octanol–water partition coefficient (Wildman–Crippen LogP) is 1.40. The van der Waals surface area contributed by atoms with E-state index in [4.69, 9.17) is 5.73 Å². The third kappa shape index (κ3) is 4.42. The van der Waals surface area contributed by atoms with Crippen LogP contribution in [0.25, 0.3) is 0 Å². The Kier molecular flexibility index (Phi) is 6.21. The maximum Gasteiger partial charge on any atom is 0.130 e.